The molecule has 1 aromatic carbocycles. The van der Waals surface area contributed by atoms with E-state index in [-0.39, 0.29) is 0 Å². The molecule has 2 heterocycles. The van der Waals surface area contributed by atoms with Crippen molar-refractivity contribution < 1.29 is 0 Å². The van der Waals surface area contributed by atoms with Gasteiger partial charge in [-0.1, -0.05) is 18.2 Å². The first-order valence-corrected chi connectivity index (χ1v) is 7.19. The van der Waals surface area contributed by atoms with Crippen LogP contribution in [0.1, 0.15) is 5.69 Å². The second-order valence-corrected chi connectivity index (χ2v) is 5.34. The van der Waals surface area contributed by atoms with Crippen molar-refractivity contribution in [2.45, 2.75) is 5.88 Å². The van der Waals surface area contributed by atoms with E-state index >= 15 is 0 Å². The Balaban J connectivity index is 2.05. The lowest BCUT2D eigenvalue weighted by atomic mass is 10.1. The van der Waals surface area contributed by atoms with E-state index in [1.165, 1.54) is 11.1 Å². The number of aromatic nitrogens is 1. The molecule has 19 heavy (non-hydrogen) atoms. The van der Waals surface area contributed by atoms with Crippen LogP contribution in [0.25, 0.3) is 10.9 Å². The molecule has 1 aromatic heterocycles. The lowest BCUT2D eigenvalue weighted by Gasteiger charge is -2.34. The Morgan fingerprint density at radius 1 is 1.16 bits per heavy atom. The van der Waals surface area contributed by atoms with Gasteiger partial charge in [0.1, 0.15) is 0 Å². The fourth-order valence-corrected chi connectivity index (χ4v) is 2.72. The van der Waals surface area contributed by atoms with Crippen molar-refractivity contribution in [2.75, 3.05) is 38.1 Å². The Hall–Kier alpha value is -1.32. The van der Waals surface area contributed by atoms with Gasteiger partial charge in [0, 0.05) is 37.3 Å². The van der Waals surface area contributed by atoms with E-state index in [4.69, 9.17) is 11.6 Å². The van der Waals surface area contributed by atoms with E-state index in [1.54, 1.807) is 0 Å². The Kier molecular flexibility index (Phi) is 3.58. The van der Waals surface area contributed by atoms with Crippen LogP contribution in [-0.4, -0.2) is 43.1 Å². The molecule has 1 aliphatic heterocycles. The van der Waals surface area contributed by atoms with Crippen molar-refractivity contribution in [3.63, 3.8) is 0 Å². The summed E-state index contributed by atoms with van der Waals surface area (Å²) >= 11 is 5.97. The normalized spacial score (nSPS) is 17.1. The quantitative estimate of drug-likeness (QED) is 0.786. The zero-order valence-electron chi connectivity index (χ0n) is 11.1. The molecule has 0 N–H and O–H groups in total. The Morgan fingerprint density at radius 2 is 1.89 bits per heavy atom. The highest BCUT2D eigenvalue weighted by atomic mass is 35.5. The number of hydrogen-bond donors (Lipinski definition) is 0. The number of pyridine rings is 1. The topological polar surface area (TPSA) is 19.4 Å². The highest BCUT2D eigenvalue weighted by molar-refractivity contribution is 6.17. The van der Waals surface area contributed by atoms with Crippen molar-refractivity contribution >= 4 is 28.2 Å². The zero-order chi connectivity index (χ0) is 13.2. The average Bonchev–Trinajstić information content (AvgIpc) is 2.47. The summed E-state index contributed by atoms with van der Waals surface area (Å²) in [6.07, 6.45) is 0. The average molecular weight is 276 g/mol. The molecule has 0 saturated carbocycles. The smallest absolute Gasteiger partial charge is 0.0726 e. The van der Waals surface area contributed by atoms with Gasteiger partial charge in [-0.05, 0) is 19.2 Å². The number of halogens is 1. The molecular weight excluding hydrogens is 258 g/mol. The first-order valence-electron chi connectivity index (χ1n) is 6.66. The third-order valence-electron chi connectivity index (χ3n) is 3.73. The van der Waals surface area contributed by atoms with Crippen LogP contribution in [0.5, 0.6) is 0 Å². The van der Waals surface area contributed by atoms with Crippen LogP contribution in [0, 0.1) is 0 Å². The molecule has 4 heteroatoms. The Labute approximate surface area is 118 Å². The SMILES string of the molecule is CN1CCN(c2cc(CCl)nc3ccccc23)CC1. The molecule has 0 bridgehead atoms. The predicted molar refractivity (Wildman–Crippen MR) is 81.0 cm³/mol. The standard InChI is InChI=1S/C15H18ClN3/c1-18-6-8-19(9-7-18)15-10-12(11-16)17-14-5-3-2-4-13(14)15/h2-5,10H,6-9,11H2,1H3. The number of fused-ring (bicyclic) bond motifs is 1. The molecule has 3 nitrogen and oxygen atoms in total. The third kappa shape index (κ3) is 2.53. The number of nitrogens with zero attached hydrogens (tertiary/aromatic N) is 3. The Bertz CT molecular complexity index is 577. The third-order valence-corrected chi connectivity index (χ3v) is 4.00. The van der Waals surface area contributed by atoms with Gasteiger partial charge in [0.25, 0.3) is 0 Å². The number of rotatable bonds is 2. The number of hydrogen-bond acceptors (Lipinski definition) is 3. The molecule has 1 saturated heterocycles. The van der Waals surface area contributed by atoms with Crippen LogP contribution in [-0.2, 0) is 5.88 Å². The van der Waals surface area contributed by atoms with Crippen molar-refractivity contribution in [1.29, 1.82) is 0 Å². The Morgan fingerprint density at radius 3 is 2.63 bits per heavy atom. The largest absolute Gasteiger partial charge is 0.368 e. The molecule has 0 amide bonds. The maximum absolute atomic E-state index is 5.97. The van der Waals surface area contributed by atoms with Crippen molar-refractivity contribution in [3.05, 3.63) is 36.0 Å². The summed E-state index contributed by atoms with van der Waals surface area (Å²) in [6, 6.07) is 10.4. The number of likely N-dealkylation sites (N-methyl/N-ethyl adjacent to an activating group) is 1. The van der Waals surface area contributed by atoms with Gasteiger partial charge >= 0.3 is 0 Å². The van der Waals surface area contributed by atoms with Crippen LogP contribution < -0.4 is 4.90 Å². The molecule has 0 aliphatic carbocycles. The lowest BCUT2D eigenvalue weighted by molar-refractivity contribution is 0.313. The van der Waals surface area contributed by atoms with Gasteiger partial charge in [0.05, 0.1) is 17.1 Å². The fourth-order valence-electron chi connectivity index (χ4n) is 2.59. The molecule has 1 fully saturated rings. The molecule has 100 valence electrons. The second kappa shape index (κ2) is 5.35. The van der Waals surface area contributed by atoms with Crippen LogP contribution in [0.15, 0.2) is 30.3 Å². The molecule has 0 radical (unpaired) electrons. The number of alkyl halides is 1. The van der Waals surface area contributed by atoms with Gasteiger partial charge in [-0.25, -0.2) is 0 Å². The summed E-state index contributed by atoms with van der Waals surface area (Å²) < 4.78 is 0. The maximum atomic E-state index is 5.97. The molecule has 2 aromatic rings. The van der Waals surface area contributed by atoms with Crippen LogP contribution >= 0.6 is 11.6 Å². The van der Waals surface area contributed by atoms with E-state index in [2.05, 4.69) is 46.1 Å². The van der Waals surface area contributed by atoms with Crippen molar-refractivity contribution in [1.82, 2.24) is 9.88 Å². The summed E-state index contributed by atoms with van der Waals surface area (Å²) in [7, 11) is 2.17. The first-order chi connectivity index (χ1) is 9.28. The molecule has 0 atom stereocenters. The van der Waals surface area contributed by atoms with Crippen molar-refractivity contribution in [3.8, 4) is 0 Å². The maximum Gasteiger partial charge on any atom is 0.0726 e. The predicted octanol–water partition coefficient (Wildman–Crippen LogP) is 2.73. The minimum absolute atomic E-state index is 0.464. The van der Waals surface area contributed by atoms with E-state index < -0.39 is 0 Å². The van der Waals surface area contributed by atoms with Crippen molar-refractivity contribution in [2.24, 2.45) is 0 Å². The molecule has 1 aliphatic rings. The minimum Gasteiger partial charge on any atom is -0.368 e. The number of anilines is 1. The van der Waals surface area contributed by atoms with Gasteiger partial charge in [-0.2, -0.15) is 0 Å². The van der Waals surface area contributed by atoms with E-state index in [9.17, 15) is 0 Å². The summed E-state index contributed by atoms with van der Waals surface area (Å²) in [5.41, 5.74) is 3.26. The summed E-state index contributed by atoms with van der Waals surface area (Å²) in [6.45, 7) is 4.33. The monoisotopic (exact) mass is 275 g/mol. The second-order valence-electron chi connectivity index (χ2n) is 5.07. The van der Waals surface area contributed by atoms with Gasteiger partial charge < -0.3 is 9.80 Å². The van der Waals surface area contributed by atoms with Crippen LogP contribution in [0.2, 0.25) is 0 Å². The van der Waals surface area contributed by atoms with E-state index in [1.807, 2.05) is 6.07 Å². The minimum atomic E-state index is 0.464. The first kappa shape index (κ1) is 12.7. The summed E-state index contributed by atoms with van der Waals surface area (Å²) in [5.74, 6) is 0.464. The van der Waals surface area contributed by atoms with Gasteiger partial charge in [-0.15, -0.1) is 11.6 Å². The number of benzene rings is 1. The highest BCUT2D eigenvalue weighted by Gasteiger charge is 2.17. The lowest BCUT2D eigenvalue weighted by Crippen LogP contribution is -2.44. The number of piperazine rings is 1. The van der Waals surface area contributed by atoms with Gasteiger partial charge in [0.15, 0.2) is 0 Å². The fraction of sp³-hybridized carbons (Fsp3) is 0.400. The molecule has 0 spiro atoms. The number of para-hydroxylation sites is 1. The molecule has 0 unspecified atom stereocenters. The molecular formula is C15H18ClN3. The van der Waals surface area contributed by atoms with Gasteiger partial charge in [-0.3, -0.25) is 4.98 Å². The van der Waals surface area contributed by atoms with Gasteiger partial charge in [0.2, 0.25) is 0 Å². The van der Waals surface area contributed by atoms with Crippen LogP contribution in [0.3, 0.4) is 0 Å². The molecule has 3 rings (SSSR count). The van der Waals surface area contributed by atoms with Crippen LogP contribution in [0.4, 0.5) is 5.69 Å². The summed E-state index contributed by atoms with van der Waals surface area (Å²) in [5, 5.41) is 1.22. The van der Waals surface area contributed by atoms with E-state index in [0.717, 1.165) is 37.4 Å². The highest BCUT2D eigenvalue weighted by Crippen LogP contribution is 2.28. The summed E-state index contributed by atoms with van der Waals surface area (Å²) in [4.78, 5) is 9.40. The zero-order valence-corrected chi connectivity index (χ0v) is 11.9. The van der Waals surface area contributed by atoms with E-state index in [0.29, 0.717) is 5.88 Å².